The highest BCUT2D eigenvalue weighted by molar-refractivity contribution is 14.1. The zero-order valence-corrected chi connectivity index (χ0v) is 20.3. The Labute approximate surface area is 188 Å². The summed E-state index contributed by atoms with van der Waals surface area (Å²) in [5, 5.41) is 11.8. The summed E-state index contributed by atoms with van der Waals surface area (Å²) in [6.45, 7) is 5.85. The molecule has 0 aromatic carbocycles. The first-order valence-electron chi connectivity index (χ1n) is 8.55. The molecular formula is C16H17IN6O3S3. The van der Waals surface area contributed by atoms with E-state index in [9.17, 15) is 13.2 Å². The minimum Gasteiger partial charge on any atom is -0.397 e. The van der Waals surface area contributed by atoms with E-state index in [1.54, 1.807) is 6.92 Å². The minimum absolute atomic E-state index is 0.213. The topological polar surface area (TPSA) is 131 Å². The lowest BCUT2D eigenvalue weighted by Gasteiger charge is -2.37. The van der Waals surface area contributed by atoms with Gasteiger partial charge >= 0.3 is 0 Å². The lowest BCUT2D eigenvalue weighted by molar-refractivity contribution is 0.0900. The average molecular weight is 564 g/mol. The molecule has 4 rings (SSSR count). The van der Waals surface area contributed by atoms with Crippen LogP contribution in [-0.2, 0) is 10.0 Å². The number of nitrogen functional groups attached to an aromatic ring is 1. The number of nitrogens with zero attached hydrogens (tertiary/aromatic N) is 4. The molecule has 1 aliphatic rings. The zero-order valence-electron chi connectivity index (χ0n) is 15.7. The summed E-state index contributed by atoms with van der Waals surface area (Å²) in [4.78, 5) is 17.9. The largest absolute Gasteiger partial charge is 0.397 e. The fourth-order valence-electron chi connectivity index (χ4n) is 3.09. The van der Waals surface area contributed by atoms with Gasteiger partial charge in [-0.2, -0.15) is 9.40 Å². The van der Waals surface area contributed by atoms with Crippen molar-refractivity contribution in [3.63, 3.8) is 0 Å². The Balaban J connectivity index is 1.48. The molecule has 9 nitrogen and oxygen atoms in total. The monoisotopic (exact) mass is 564 g/mol. The molecule has 13 heteroatoms. The second kappa shape index (κ2) is 7.37. The molecule has 0 saturated carbocycles. The Morgan fingerprint density at radius 1 is 1.21 bits per heavy atom. The fraction of sp³-hybridized carbons (Fsp3) is 0.375. The smallest absolute Gasteiger partial charge is 0.263 e. The zero-order chi connectivity index (χ0) is 21.1. The van der Waals surface area contributed by atoms with E-state index < -0.39 is 10.0 Å². The highest BCUT2D eigenvalue weighted by Gasteiger charge is 2.39. The number of anilines is 1. The third kappa shape index (κ3) is 3.52. The van der Waals surface area contributed by atoms with Crippen molar-refractivity contribution in [2.45, 2.75) is 31.0 Å². The normalized spacial score (nSPS) is 15.6. The molecule has 154 valence electrons. The Morgan fingerprint density at radius 3 is 2.52 bits per heavy atom. The number of aryl methyl sites for hydroxylation is 3. The first-order valence-corrected chi connectivity index (χ1v) is 12.7. The van der Waals surface area contributed by atoms with E-state index in [-0.39, 0.29) is 29.2 Å². The summed E-state index contributed by atoms with van der Waals surface area (Å²) < 4.78 is 27.8. The van der Waals surface area contributed by atoms with Gasteiger partial charge in [-0.05, 0) is 48.9 Å². The molecule has 3 N–H and O–H groups in total. The molecule has 1 amide bonds. The van der Waals surface area contributed by atoms with Crippen molar-refractivity contribution in [3.8, 4) is 0 Å². The van der Waals surface area contributed by atoms with Crippen LogP contribution in [0.3, 0.4) is 0 Å². The molecule has 0 bridgehead atoms. The summed E-state index contributed by atoms with van der Waals surface area (Å²) in [6, 6.07) is -0.275. The van der Waals surface area contributed by atoms with Crippen molar-refractivity contribution >= 4 is 77.1 Å². The number of sulfonamides is 1. The Bertz CT molecular complexity index is 1250. The summed E-state index contributed by atoms with van der Waals surface area (Å²) in [7, 11) is -3.59. The van der Waals surface area contributed by atoms with E-state index in [0.717, 1.165) is 28.0 Å². The summed E-state index contributed by atoms with van der Waals surface area (Å²) in [6.07, 6.45) is 0. The molecule has 1 aliphatic heterocycles. The van der Waals surface area contributed by atoms with Gasteiger partial charge in [0.2, 0.25) is 0 Å². The predicted octanol–water partition coefficient (Wildman–Crippen LogP) is 2.06. The SMILES string of the molecule is Cc1nc(I)sc1S(=O)(=O)N1CC(NC(=O)c2sc3nnc(C)c(C)c3c2N)C1. The van der Waals surface area contributed by atoms with E-state index in [1.165, 1.54) is 15.6 Å². The van der Waals surface area contributed by atoms with Crippen molar-refractivity contribution in [1.82, 2.24) is 24.8 Å². The van der Waals surface area contributed by atoms with Crippen molar-refractivity contribution in [2.24, 2.45) is 0 Å². The van der Waals surface area contributed by atoms with Crippen LogP contribution in [0.15, 0.2) is 4.21 Å². The molecule has 1 fully saturated rings. The number of hydrogen-bond acceptors (Lipinski definition) is 9. The van der Waals surface area contributed by atoms with Crippen LogP contribution in [0, 0.1) is 23.8 Å². The van der Waals surface area contributed by atoms with Gasteiger partial charge in [0.15, 0.2) is 7.22 Å². The number of carbonyl (C=O) groups excluding carboxylic acids is 1. The maximum absolute atomic E-state index is 12.7. The number of halogens is 1. The molecule has 0 atom stereocenters. The van der Waals surface area contributed by atoms with Gasteiger partial charge < -0.3 is 11.1 Å². The Kier molecular flexibility index (Phi) is 5.30. The van der Waals surface area contributed by atoms with E-state index in [2.05, 4.69) is 20.5 Å². The van der Waals surface area contributed by atoms with Gasteiger partial charge in [0, 0.05) is 18.5 Å². The van der Waals surface area contributed by atoms with Crippen LogP contribution in [-0.4, -0.2) is 52.9 Å². The van der Waals surface area contributed by atoms with Gasteiger partial charge in [0.05, 0.1) is 23.1 Å². The van der Waals surface area contributed by atoms with Crippen LogP contribution in [0.25, 0.3) is 10.2 Å². The van der Waals surface area contributed by atoms with Crippen LogP contribution >= 0.6 is 45.3 Å². The third-order valence-electron chi connectivity index (χ3n) is 4.83. The number of nitrogens with two attached hydrogens (primary N) is 1. The summed E-state index contributed by atoms with van der Waals surface area (Å²) in [5.41, 5.74) is 8.76. The van der Waals surface area contributed by atoms with Crippen molar-refractivity contribution < 1.29 is 13.2 Å². The molecule has 3 aromatic heterocycles. The minimum atomic E-state index is -3.59. The van der Waals surface area contributed by atoms with Crippen molar-refractivity contribution in [3.05, 3.63) is 24.8 Å². The van der Waals surface area contributed by atoms with Crippen molar-refractivity contribution in [2.75, 3.05) is 18.8 Å². The number of amides is 1. The van der Waals surface area contributed by atoms with E-state index in [4.69, 9.17) is 5.73 Å². The number of thiazole rings is 1. The van der Waals surface area contributed by atoms with Crippen LogP contribution in [0.5, 0.6) is 0 Å². The quantitative estimate of drug-likeness (QED) is 0.464. The molecule has 0 spiro atoms. The van der Waals surface area contributed by atoms with Gasteiger partial charge in [0.1, 0.15) is 9.71 Å². The lowest BCUT2D eigenvalue weighted by Crippen LogP contribution is -2.60. The number of thiophene rings is 1. The highest BCUT2D eigenvalue weighted by atomic mass is 127. The highest BCUT2D eigenvalue weighted by Crippen LogP contribution is 2.35. The predicted molar refractivity (Wildman–Crippen MR) is 121 cm³/mol. The van der Waals surface area contributed by atoms with E-state index in [0.29, 0.717) is 24.1 Å². The third-order valence-corrected chi connectivity index (χ3v) is 10.2. The fourth-order valence-corrected chi connectivity index (χ4v) is 8.48. The van der Waals surface area contributed by atoms with Gasteiger partial charge in [-0.1, -0.05) is 11.3 Å². The molecule has 4 heterocycles. The maximum atomic E-state index is 12.7. The standard InChI is InChI=1S/C16H17IN6O3S3/c1-6-7(2)21-22-14-10(6)11(18)12(27-14)13(24)20-9-4-23(5-9)29(25,26)15-8(3)19-16(17)28-15/h9H,4-5,18H2,1-3H3,(H,20,24). The molecule has 0 radical (unpaired) electrons. The van der Waals surface area contributed by atoms with Crippen LogP contribution in [0.2, 0.25) is 0 Å². The van der Waals surface area contributed by atoms with Gasteiger partial charge in [0.25, 0.3) is 15.9 Å². The molecule has 1 saturated heterocycles. The molecule has 3 aromatic rings. The first-order chi connectivity index (χ1) is 13.6. The van der Waals surface area contributed by atoms with Crippen LogP contribution < -0.4 is 11.1 Å². The summed E-state index contributed by atoms with van der Waals surface area (Å²) >= 11 is 4.34. The van der Waals surface area contributed by atoms with Gasteiger partial charge in [-0.25, -0.2) is 13.4 Å². The van der Waals surface area contributed by atoms with Gasteiger partial charge in [-0.3, -0.25) is 4.79 Å². The molecule has 29 heavy (non-hydrogen) atoms. The van der Waals surface area contributed by atoms with Gasteiger partial charge in [-0.15, -0.1) is 16.4 Å². The molecule has 0 unspecified atom stereocenters. The second-order valence-electron chi connectivity index (χ2n) is 6.77. The molecule has 0 aliphatic carbocycles. The van der Waals surface area contributed by atoms with Crippen LogP contribution in [0.4, 0.5) is 5.69 Å². The van der Waals surface area contributed by atoms with Crippen LogP contribution in [0.1, 0.15) is 26.6 Å². The van der Waals surface area contributed by atoms with Crippen molar-refractivity contribution in [1.29, 1.82) is 0 Å². The second-order valence-corrected chi connectivity index (χ2v) is 12.7. The number of fused-ring (bicyclic) bond motifs is 1. The summed E-state index contributed by atoms with van der Waals surface area (Å²) in [5.74, 6) is -0.326. The number of rotatable bonds is 4. The molecular weight excluding hydrogens is 547 g/mol. The van der Waals surface area contributed by atoms with E-state index in [1.807, 2.05) is 36.4 Å². The lowest BCUT2D eigenvalue weighted by atomic mass is 10.1. The van der Waals surface area contributed by atoms with E-state index >= 15 is 0 Å². The first kappa shape index (κ1) is 20.8. The number of hydrogen-bond donors (Lipinski definition) is 2. The number of nitrogens with one attached hydrogen (secondary N) is 1. The Morgan fingerprint density at radius 2 is 1.90 bits per heavy atom. The maximum Gasteiger partial charge on any atom is 0.263 e. The Hall–Kier alpha value is -1.42. The number of aromatic nitrogens is 3. The average Bonchev–Trinajstić information content (AvgIpc) is 3.13. The number of carbonyl (C=O) groups is 1.